The van der Waals surface area contributed by atoms with Crippen LogP contribution in [0.15, 0.2) is 291 Å². The van der Waals surface area contributed by atoms with Crippen molar-refractivity contribution >= 4 is 72.3 Å². The number of aliphatic hydroxyl groups excluding tert-OH is 4. The predicted octanol–water partition coefficient (Wildman–Crippen LogP) is 21.4. The molecular weight excluding hydrogens is 2640 g/mol. The second-order valence-electron chi connectivity index (χ2n) is 30.6. The van der Waals surface area contributed by atoms with Gasteiger partial charge in [0.1, 0.15) is 17.2 Å². The molecule has 4 atom stereocenters. The van der Waals surface area contributed by atoms with E-state index < -0.39 is 18.5 Å². The Morgan fingerprint density at radius 2 is 0.590 bits per heavy atom. The molecule has 18 aromatic rings. The first-order chi connectivity index (χ1) is 64.6. The number of aromatic nitrogens is 11. The van der Waals surface area contributed by atoms with Gasteiger partial charge in [-0.25, -0.2) is 9.78 Å². The van der Waals surface area contributed by atoms with Crippen molar-refractivity contribution in [3.63, 3.8) is 0 Å². The summed E-state index contributed by atoms with van der Waals surface area (Å²) < 4.78 is 8.88. The normalized spacial score (nSPS) is 11.0. The van der Waals surface area contributed by atoms with Gasteiger partial charge in [0.25, 0.3) is 0 Å². The van der Waals surface area contributed by atoms with E-state index in [4.69, 9.17) is 35.7 Å². The number of benzene rings is 12. The van der Waals surface area contributed by atoms with Crippen LogP contribution in [-0.2, 0) is 110 Å². The van der Waals surface area contributed by atoms with Gasteiger partial charge in [-0.2, -0.15) is 0 Å². The number of aryl methyl sites for hydroxylation is 10. The first-order valence-electron chi connectivity index (χ1n) is 43.0. The van der Waals surface area contributed by atoms with Crippen LogP contribution in [0.2, 0.25) is 0 Å². The molecule has 12 aromatic carbocycles. The van der Waals surface area contributed by atoms with Crippen molar-refractivity contribution in [2.45, 2.75) is 121 Å². The van der Waals surface area contributed by atoms with Crippen molar-refractivity contribution in [3.05, 3.63) is 390 Å². The average molecular weight is 2750 g/mol. The summed E-state index contributed by atoms with van der Waals surface area (Å²) in [5.74, 6) is -0.684. The fourth-order valence-corrected chi connectivity index (χ4v) is 13.7. The van der Waals surface area contributed by atoms with E-state index in [-0.39, 0.29) is 136 Å². The Balaban J connectivity index is 0.000000326. The Morgan fingerprint density at radius 1 is 0.345 bits per heavy atom. The smallest absolute Gasteiger partial charge is 0.354 e. The zero-order valence-electron chi connectivity index (χ0n) is 79.3. The third kappa shape index (κ3) is 36.9. The van der Waals surface area contributed by atoms with Crippen LogP contribution in [-0.4, -0.2) is 155 Å². The maximum Gasteiger partial charge on any atom is 0.354 e. The van der Waals surface area contributed by atoms with Gasteiger partial charge in [0.05, 0.1) is 46.2 Å². The number of para-hydroxylation sites is 2. The Kier molecular flexibility index (Phi) is 53.2. The van der Waals surface area contributed by atoms with E-state index in [0.29, 0.717) is 18.3 Å². The number of aliphatic imine (C=N–C) groups is 1. The number of rotatable bonds is 14. The first-order valence-corrected chi connectivity index (χ1v) is 43.0. The molecule has 0 fully saturated rings. The number of phenolic OH excluding ortho intramolecular Hbond substituents is 2. The van der Waals surface area contributed by atoms with E-state index in [1.807, 2.05) is 172 Å². The zero-order valence-corrected chi connectivity index (χ0v) is 91.3. The standard InChI is InChI=1S/5C16H13N2.C8H9NO.C7H6O2.C6H5NO2.C5H12O4.C5H12O2.5Ir/c5*1-11-10-17-16(12(2)18-11)15-9-5-7-13-6-3-4-8-14(13)15;1-9-6-7-4-2-3-5-8(7)10;8-5-6-3-1-2-4-7(6)9;8-6(9)5-3-1-2-4-7-5;1-8-4(6)3-5(7)9-2;1-4(6)3-5(2)7;;;;;/h5*3-8,10H,1-2H3;2-6,10H,1H3;1-5,9H;1-4H,(H,8,9);4-7H,3H2,1-2H3;4-7H,3H2,1-2H3;;;;;/q5*-1;;;;;;;;;;. The van der Waals surface area contributed by atoms with E-state index >= 15 is 0 Å². The van der Waals surface area contributed by atoms with Gasteiger partial charge in [-0.15, -0.1) is 146 Å². The van der Waals surface area contributed by atoms with Crippen LogP contribution in [0.3, 0.4) is 0 Å². The van der Waals surface area contributed by atoms with Gasteiger partial charge in [-0.1, -0.05) is 179 Å². The van der Waals surface area contributed by atoms with Gasteiger partial charge in [-0.05, 0) is 126 Å². The van der Waals surface area contributed by atoms with Gasteiger partial charge in [-0.3, -0.25) is 34.7 Å². The number of carboxylic acids is 1. The first kappa shape index (κ1) is 119. The number of hydrogen-bond acceptors (Lipinski definition) is 22. The molecule has 0 aliphatic rings. The number of phenols is 2. The van der Waals surface area contributed by atoms with Gasteiger partial charge >= 0.3 is 5.97 Å². The van der Waals surface area contributed by atoms with Gasteiger partial charge in [0.2, 0.25) is 0 Å². The topological polar surface area (TPSA) is 348 Å². The van der Waals surface area contributed by atoms with Crippen LogP contribution in [0.1, 0.15) is 110 Å². The number of methoxy groups -OCH3 is 2. The van der Waals surface area contributed by atoms with E-state index in [2.05, 4.69) is 191 Å². The summed E-state index contributed by atoms with van der Waals surface area (Å²) in [6.07, 6.45) is 10.6. The van der Waals surface area contributed by atoms with Gasteiger partial charge in [0, 0.05) is 234 Å². The average Bonchev–Trinajstić information content (AvgIpc) is 0.814. The molecule has 18 rings (SSSR count). The summed E-state index contributed by atoms with van der Waals surface area (Å²) in [6, 6.07) is 96.1. The summed E-state index contributed by atoms with van der Waals surface area (Å²) in [5, 5.41) is 72.7. The monoisotopic (exact) mass is 2750 g/mol. The molecule has 729 valence electrons. The van der Waals surface area contributed by atoms with E-state index in [0.717, 1.165) is 119 Å². The number of ether oxygens (including phenoxy) is 2. The Labute approximate surface area is 879 Å². The number of hydrogen-bond donors (Lipinski definition) is 7. The third-order valence-electron chi connectivity index (χ3n) is 19.9. The maximum absolute atomic E-state index is 10.1. The minimum Gasteiger partial charge on any atom is -0.507 e. The van der Waals surface area contributed by atoms with Crippen molar-refractivity contribution in [3.8, 4) is 67.8 Å². The second kappa shape index (κ2) is 62.1. The van der Waals surface area contributed by atoms with E-state index in [1.54, 1.807) is 101 Å². The predicted molar refractivity (Wildman–Crippen MR) is 531 cm³/mol. The summed E-state index contributed by atoms with van der Waals surface area (Å²) in [4.78, 5) is 72.5. The Hall–Kier alpha value is -12.1. The van der Waals surface area contributed by atoms with Crippen molar-refractivity contribution in [2.24, 2.45) is 4.99 Å². The molecule has 6 heterocycles. The maximum atomic E-state index is 10.1. The number of aromatic carboxylic acids is 1. The summed E-state index contributed by atoms with van der Waals surface area (Å²) in [5.41, 5.74) is 20.3. The molecule has 7 N–H and O–H groups in total. The fraction of sp³-hybridized carbons (Fsp3) is 0.189. The minimum absolute atomic E-state index is 0. The molecular formula is C111H109Ir5N12O11-5. The third-order valence-corrected chi connectivity index (χ3v) is 19.9. The number of aromatic hydroxyl groups is 2. The molecule has 4 unspecified atom stereocenters. The number of fused-ring (bicyclic) bond motifs is 5. The number of aldehydes is 1. The Morgan fingerprint density at radius 3 is 0.784 bits per heavy atom. The van der Waals surface area contributed by atoms with Crippen LogP contribution in [0.25, 0.3) is 110 Å². The Bertz CT molecular complexity index is 6140. The fourth-order valence-electron chi connectivity index (χ4n) is 13.7. The SMILES string of the molecule is CC(O)CC(C)O.CN=Cc1ccccc1O.COC(O)CC(O)OC.Cc1cnc(-c2[c-]ccc3ccccc23)c(C)n1.Cc1cnc(-c2[c-]ccc3ccccc23)c(C)n1.Cc1cnc(-c2[c-]ccc3ccccc23)c(C)n1.Cc1cnc(-c2[c-]ccc3ccccc23)c(C)n1.Cc1cnc(-c2[c-]ccc3ccccc23)c(C)n1.O=C(O)c1ccccn1.O=Cc1ccccc1O.[Ir].[Ir].[Ir].[Ir].[Ir]. The largest absolute Gasteiger partial charge is 0.507 e. The molecule has 6 aromatic heterocycles. The van der Waals surface area contributed by atoms with E-state index in [1.165, 1.54) is 86.4 Å². The molecule has 0 saturated carbocycles. The quantitative estimate of drug-likeness (QED) is 0.0230. The van der Waals surface area contributed by atoms with Crippen LogP contribution < -0.4 is 0 Å². The molecule has 5 radical (unpaired) electrons. The molecule has 139 heavy (non-hydrogen) atoms. The van der Waals surface area contributed by atoms with Crippen molar-refractivity contribution < 1.29 is 155 Å². The van der Waals surface area contributed by atoms with Crippen molar-refractivity contribution in [1.29, 1.82) is 0 Å². The van der Waals surface area contributed by atoms with E-state index in [9.17, 15) is 9.59 Å². The van der Waals surface area contributed by atoms with Crippen LogP contribution in [0.5, 0.6) is 11.5 Å². The van der Waals surface area contributed by atoms with Crippen molar-refractivity contribution in [2.75, 3.05) is 21.3 Å². The summed E-state index contributed by atoms with van der Waals surface area (Å²) >= 11 is 0. The number of pyridine rings is 1. The van der Waals surface area contributed by atoms with Crippen LogP contribution in [0, 0.1) is 99.6 Å². The molecule has 0 bridgehead atoms. The molecule has 0 amide bonds. The minimum atomic E-state index is -0.990. The number of carboxylic acid groups (broad SMARTS) is 1. The van der Waals surface area contributed by atoms with Gasteiger partial charge in [0.15, 0.2) is 18.9 Å². The summed E-state index contributed by atoms with van der Waals surface area (Å²) in [6.45, 7) is 23.0. The number of carbonyl (C=O) groups excluding carboxylic acids is 1. The molecule has 0 aliphatic heterocycles. The number of nitrogens with zero attached hydrogens (tertiary/aromatic N) is 12. The molecule has 28 heteroatoms. The summed E-state index contributed by atoms with van der Waals surface area (Å²) in [7, 11) is 4.38. The second-order valence-corrected chi connectivity index (χ2v) is 30.6. The van der Waals surface area contributed by atoms with Crippen LogP contribution in [0.4, 0.5) is 0 Å². The molecule has 23 nitrogen and oxygen atoms in total. The number of aliphatic hydroxyl groups is 4. The number of carbonyl (C=O) groups is 2. The van der Waals surface area contributed by atoms with Gasteiger partial charge < -0.3 is 70.1 Å². The van der Waals surface area contributed by atoms with Crippen molar-refractivity contribution in [1.82, 2.24) is 54.8 Å². The zero-order chi connectivity index (χ0) is 96.6. The van der Waals surface area contributed by atoms with Crippen LogP contribution >= 0.6 is 0 Å². The molecule has 0 aliphatic carbocycles. The molecule has 0 spiro atoms. The molecule has 0 saturated heterocycles.